The third-order valence-electron chi connectivity index (χ3n) is 1.93. The van der Waals surface area contributed by atoms with Crippen LogP contribution in [0.15, 0.2) is 28.5 Å². The Morgan fingerprint density at radius 1 is 1.29 bits per heavy atom. The molecule has 0 saturated carbocycles. The van der Waals surface area contributed by atoms with E-state index < -0.39 is 8.07 Å². The van der Waals surface area contributed by atoms with Gasteiger partial charge in [-0.1, -0.05) is 42.5 Å². The summed E-state index contributed by atoms with van der Waals surface area (Å²) in [4.78, 5) is 0. The lowest BCUT2D eigenvalue weighted by Crippen LogP contribution is -2.38. The molecule has 0 heterocycles. The Balaban J connectivity index is 3.14. The van der Waals surface area contributed by atoms with Crippen molar-refractivity contribution in [1.82, 2.24) is 0 Å². The molecule has 2 N–H and O–H groups in total. The fourth-order valence-corrected chi connectivity index (χ4v) is 3.64. The van der Waals surface area contributed by atoms with Crippen LogP contribution in [0.2, 0.25) is 24.7 Å². The van der Waals surface area contributed by atoms with Gasteiger partial charge in [0.25, 0.3) is 0 Å². The molecule has 0 atom stereocenters. The molecule has 0 aliphatic rings. The number of nitrogens with zero attached hydrogens (tertiary/aromatic N) is 2. The average Bonchev–Trinajstić information content (AvgIpc) is 2.02. The second-order valence-electron chi connectivity index (χ2n) is 4.13. The van der Waals surface area contributed by atoms with E-state index in [0.29, 0.717) is 5.69 Å². The summed E-state index contributed by atoms with van der Waals surface area (Å²) in [5.74, 6) is 4.96. The largest absolute Gasteiger partial charge is 0.305 e. The van der Waals surface area contributed by atoms with Crippen LogP contribution in [0.1, 0.15) is 0 Å². The standard InChI is InChI=1S/C9H14ClN3Si/c1-14(2,3)9-5-4-7(12-13-11)6-8(9)10/h4-6H,1-3H3,(H2,11,12). The highest BCUT2D eigenvalue weighted by Crippen LogP contribution is 2.19. The van der Waals surface area contributed by atoms with Crippen molar-refractivity contribution in [2.24, 2.45) is 16.2 Å². The van der Waals surface area contributed by atoms with Gasteiger partial charge in [-0.25, -0.2) is 0 Å². The van der Waals surface area contributed by atoms with Gasteiger partial charge in [0.2, 0.25) is 0 Å². The van der Waals surface area contributed by atoms with Crippen molar-refractivity contribution in [2.75, 3.05) is 0 Å². The molecule has 76 valence electrons. The Morgan fingerprint density at radius 3 is 2.36 bits per heavy atom. The van der Waals surface area contributed by atoms with Crippen molar-refractivity contribution < 1.29 is 0 Å². The zero-order valence-corrected chi connectivity index (χ0v) is 10.3. The lowest BCUT2D eigenvalue weighted by molar-refractivity contribution is 1.06. The molecule has 0 bridgehead atoms. The van der Waals surface area contributed by atoms with Crippen molar-refractivity contribution in [3.8, 4) is 0 Å². The van der Waals surface area contributed by atoms with Crippen LogP contribution in [-0.2, 0) is 0 Å². The first-order chi connectivity index (χ1) is 6.45. The number of nitrogens with two attached hydrogens (primary N) is 1. The molecule has 0 spiro atoms. The molecule has 1 aromatic carbocycles. The second-order valence-corrected chi connectivity index (χ2v) is 9.58. The zero-order chi connectivity index (χ0) is 10.8. The normalized spacial score (nSPS) is 12.3. The van der Waals surface area contributed by atoms with E-state index in [1.807, 2.05) is 12.1 Å². The van der Waals surface area contributed by atoms with Crippen LogP contribution >= 0.6 is 11.6 Å². The monoisotopic (exact) mass is 227 g/mol. The second kappa shape index (κ2) is 4.10. The SMILES string of the molecule is C[Si](C)(C)c1ccc(N=NN)cc1Cl. The van der Waals surface area contributed by atoms with Crippen LogP contribution in [0.3, 0.4) is 0 Å². The van der Waals surface area contributed by atoms with Gasteiger partial charge < -0.3 is 5.84 Å². The maximum atomic E-state index is 6.14. The molecule has 5 heteroatoms. The van der Waals surface area contributed by atoms with Crippen LogP contribution in [0.5, 0.6) is 0 Å². The molecule has 0 aliphatic carbocycles. The third kappa shape index (κ3) is 2.56. The Hall–Kier alpha value is -0.873. The van der Waals surface area contributed by atoms with Gasteiger partial charge in [-0.3, -0.25) is 0 Å². The molecule has 0 fully saturated rings. The van der Waals surface area contributed by atoms with Crippen LogP contribution in [0, 0.1) is 0 Å². The summed E-state index contributed by atoms with van der Waals surface area (Å²) in [5.41, 5.74) is 0.694. The van der Waals surface area contributed by atoms with Crippen LogP contribution in [0.25, 0.3) is 0 Å². The molecule has 0 unspecified atom stereocenters. The number of benzene rings is 1. The van der Waals surface area contributed by atoms with Gasteiger partial charge in [0, 0.05) is 5.02 Å². The van der Waals surface area contributed by atoms with Crippen molar-refractivity contribution in [3.63, 3.8) is 0 Å². The van der Waals surface area contributed by atoms with Crippen LogP contribution in [-0.4, -0.2) is 8.07 Å². The van der Waals surface area contributed by atoms with E-state index in [0.717, 1.165) is 5.02 Å². The minimum atomic E-state index is -1.36. The van der Waals surface area contributed by atoms with E-state index in [2.05, 4.69) is 30.0 Å². The van der Waals surface area contributed by atoms with Gasteiger partial charge in [0.05, 0.1) is 13.8 Å². The van der Waals surface area contributed by atoms with Gasteiger partial charge in [-0.15, -0.1) is 5.11 Å². The average molecular weight is 228 g/mol. The van der Waals surface area contributed by atoms with Gasteiger partial charge in [0.1, 0.15) is 0 Å². The Kier molecular flexibility index (Phi) is 3.28. The van der Waals surface area contributed by atoms with E-state index in [1.165, 1.54) is 5.19 Å². The van der Waals surface area contributed by atoms with Crippen molar-refractivity contribution >= 4 is 30.5 Å². The Morgan fingerprint density at radius 2 is 1.93 bits per heavy atom. The first kappa shape index (κ1) is 11.2. The molecule has 14 heavy (non-hydrogen) atoms. The topological polar surface area (TPSA) is 50.7 Å². The molecule has 0 radical (unpaired) electrons. The van der Waals surface area contributed by atoms with Crippen LogP contribution in [0.4, 0.5) is 5.69 Å². The van der Waals surface area contributed by atoms with Crippen molar-refractivity contribution in [2.45, 2.75) is 19.6 Å². The summed E-state index contributed by atoms with van der Waals surface area (Å²) < 4.78 is 0. The maximum Gasteiger partial charge on any atom is 0.0888 e. The quantitative estimate of drug-likeness (QED) is 0.359. The summed E-state index contributed by atoms with van der Waals surface area (Å²) in [7, 11) is -1.36. The minimum absolute atomic E-state index is 0.694. The predicted molar refractivity (Wildman–Crippen MR) is 63.1 cm³/mol. The molecule has 1 aromatic rings. The molecule has 0 saturated heterocycles. The van der Waals surface area contributed by atoms with Gasteiger partial charge in [0.15, 0.2) is 0 Å². The smallest absolute Gasteiger partial charge is 0.0888 e. The molecule has 0 aliphatic heterocycles. The fraction of sp³-hybridized carbons (Fsp3) is 0.333. The summed E-state index contributed by atoms with van der Waals surface area (Å²) >= 11 is 6.14. The van der Waals surface area contributed by atoms with Gasteiger partial charge >= 0.3 is 0 Å². The lowest BCUT2D eigenvalue weighted by Gasteiger charge is -2.18. The first-order valence-corrected chi connectivity index (χ1v) is 8.24. The summed E-state index contributed by atoms with van der Waals surface area (Å²) in [6.45, 7) is 6.75. The molecular formula is C9H14ClN3Si. The summed E-state index contributed by atoms with van der Waals surface area (Å²) in [5, 5.41) is 8.93. The third-order valence-corrected chi connectivity index (χ3v) is 4.46. The minimum Gasteiger partial charge on any atom is -0.305 e. The van der Waals surface area contributed by atoms with E-state index >= 15 is 0 Å². The zero-order valence-electron chi connectivity index (χ0n) is 8.58. The van der Waals surface area contributed by atoms with Gasteiger partial charge in [-0.2, -0.15) is 0 Å². The highest BCUT2D eigenvalue weighted by atomic mass is 35.5. The Labute approximate surface area is 90.0 Å². The highest BCUT2D eigenvalue weighted by molar-refractivity contribution is 6.90. The predicted octanol–water partition coefficient (Wildman–Crippen LogP) is 2.84. The number of hydrogen-bond donors (Lipinski definition) is 1. The van der Waals surface area contributed by atoms with E-state index in [4.69, 9.17) is 17.4 Å². The van der Waals surface area contributed by atoms with E-state index in [9.17, 15) is 0 Å². The molecule has 3 nitrogen and oxygen atoms in total. The number of halogens is 1. The molecule has 0 aromatic heterocycles. The molecular weight excluding hydrogens is 214 g/mol. The van der Waals surface area contributed by atoms with Crippen LogP contribution < -0.4 is 11.0 Å². The van der Waals surface area contributed by atoms with E-state index in [-0.39, 0.29) is 0 Å². The maximum absolute atomic E-state index is 6.14. The van der Waals surface area contributed by atoms with E-state index in [1.54, 1.807) is 6.07 Å². The summed E-state index contributed by atoms with van der Waals surface area (Å²) in [6, 6.07) is 5.69. The van der Waals surface area contributed by atoms with Crippen molar-refractivity contribution in [3.05, 3.63) is 23.2 Å². The summed E-state index contributed by atoms with van der Waals surface area (Å²) in [6.07, 6.45) is 0. The van der Waals surface area contributed by atoms with Gasteiger partial charge in [-0.05, 0) is 17.3 Å². The number of rotatable bonds is 2. The number of hydrogen-bond acceptors (Lipinski definition) is 2. The molecule has 1 rings (SSSR count). The highest BCUT2D eigenvalue weighted by Gasteiger charge is 2.19. The Bertz CT molecular complexity index is 358. The molecule has 0 amide bonds. The van der Waals surface area contributed by atoms with Crippen molar-refractivity contribution in [1.29, 1.82) is 0 Å². The first-order valence-electron chi connectivity index (χ1n) is 4.36. The fourth-order valence-electron chi connectivity index (χ4n) is 1.24. The lowest BCUT2D eigenvalue weighted by atomic mass is 10.3.